The highest BCUT2D eigenvalue weighted by atomic mass is 79.9. The lowest BCUT2D eigenvalue weighted by molar-refractivity contribution is 0.500. The second-order valence-electron chi connectivity index (χ2n) is 7.22. The Hall–Kier alpha value is -3.41. The maximum atomic E-state index is 5.17. The van der Waals surface area contributed by atoms with Crippen LogP contribution in [0.15, 0.2) is 125 Å². The third-order valence-electron chi connectivity index (χ3n) is 5.16. The maximum Gasteiger partial charge on any atom is 0.175 e. The van der Waals surface area contributed by atoms with Gasteiger partial charge in [0.05, 0.1) is 11.4 Å². The van der Waals surface area contributed by atoms with Gasteiger partial charge in [-0.25, -0.2) is 5.01 Å². The molecule has 4 aromatic rings. The fourth-order valence-electron chi connectivity index (χ4n) is 3.64. The molecular weight excluding hydrogens is 448 g/mol. The Morgan fingerprint density at radius 3 is 1.87 bits per heavy atom. The summed E-state index contributed by atoms with van der Waals surface area (Å²) < 4.78 is 1.04. The van der Waals surface area contributed by atoms with Gasteiger partial charge >= 0.3 is 0 Å². The van der Waals surface area contributed by atoms with Gasteiger partial charge in [0.25, 0.3) is 0 Å². The van der Waals surface area contributed by atoms with Crippen molar-refractivity contribution in [3.05, 3.63) is 131 Å². The van der Waals surface area contributed by atoms with Gasteiger partial charge in [0.1, 0.15) is 6.17 Å². The molecule has 0 amide bonds. The first-order chi connectivity index (χ1) is 15.3. The third-order valence-corrected chi connectivity index (χ3v) is 5.69. The van der Waals surface area contributed by atoms with Crippen LogP contribution in [0.4, 0.5) is 11.4 Å². The monoisotopic (exact) mass is 468 g/mol. The smallest absolute Gasteiger partial charge is 0.175 e. The zero-order valence-electron chi connectivity index (χ0n) is 16.8. The lowest BCUT2D eigenvalue weighted by Crippen LogP contribution is -2.55. The van der Waals surface area contributed by atoms with Crippen molar-refractivity contribution in [2.45, 2.75) is 6.17 Å². The Bertz CT molecular complexity index is 1160. The number of nitrogens with zero attached hydrogens (tertiary/aromatic N) is 3. The Balaban J connectivity index is 1.68. The minimum atomic E-state index is -0.171. The van der Waals surface area contributed by atoms with Crippen molar-refractivity contribution >= 4 is 33.1 Å². The molecule has 1 N–H and O–H groups in total. The summed E-state index contributed by atoms with van der Waals surface area (Å²) in [6.45, 7) is 0. The van der Waals surface area contributed by atoms with Crippen LogP contribution in [-0.4, -0.2) is 5.84 Å². The van der Waals surface area contributed by atoms with Gasteiger partial charge in [0.15, 0.2) is 5.84 Å². The van der Waals surface area contributed by atoms with Crippen molar-refractivity contribution < 1.29 is 0 Å². The minimum Gasteiger partial charge on any atom is -0.255 e. The Morgan fingerprint density at radius 2 is 1.23 bits per heavy atom. The molecule has 0 aliphatic carbocycles. The van der Waals surface area contributed by atoms with E-state index in [-0.39, 0.29) is 6.17 Å². The highest BCUT2D eigenvalue weighted by Gasteiger charge is 2.31. The number of halogens is 1. The van der Waals surface area contributed by atoms with E-state index in [2.05, 4.69) is 87.0 Å². The van der Waals surface area contributed by atoms with Gasteiger partial charge in [-0.15, -0.1) is 0 Å². The number of hydrogen-bond donors (Lipinski definition) is 1. The molecule has 0 saturated carbocycles. The average Bonchev–Trinajstić information content (AvgIpc) is 2.85. The Labute approximate surface area is 190 Å². The van der Waals surface area contributed by atoms with E-state index in [1.165, 1.54) is 0 Å². The lowest BCUT2D eigenvalue weighted by atomic mass is 10.1. The maximum absolute atomic E-state index is 5.17. The first-order valence-corrected chi connectivity index (χ1v) is 10.9. The molecule has 0 radical (unpaired) electrons. The van der Waals surface area contributed by atoms with Crippen LogP contribution in [0.1, 0.15) is 17.3 Å². The second kappa shape index (κ2) is 8.76. The largest absolute Gasteiger partial charge is 0.255 e. The first kappa shape index (κ1) is 19.5. The van der Waals surface area contributed by atoms with Crippen LogP contribution in [-0.2, 0) is 0 Å². The predicted molar refractivity (Wildman–Crippen MR) is 131 cm³/mol. The molecule has 4 aromatic carbocycles. The molecule has 1 heterocycles. The highest BCUT2D eigenvalue weighted by Crippen LogP contribution is 2.32. The summed E-state index contributed by atoms with van der Waals surface area (Å²) in [5, 5.41) is 9.28. The van der Waals surface area contributed by atoms with Crippen LogP contribution >= 0.6 is 15.9 Å². The number of hydrogen-bond acceptors (Lipinski definition) is 4. The van der Waals surface area contributed by atoms with Gasteiger partial charge in [0, 0.05) is 10.0 Å². The molecule has 152 valence electrons. The number of nitrogens with one attached hydrogen (secondary N) is 1. The fraction of sp³-hybridized carbons (Fsp3) is 0.0385. The SMILES string of the molecule is Brc1ccc(N2N=C(c3ccccc3)N(c3ccccc3)NC2c2ccccc2)cc1. The van der Waals surface area contributed by atoms with E-state index < -0.39 is 0 Å². The molecule has 1 aliphatic heterocycles. The van der Waals surface area contributed by atoms with E-state index in [1.807, 2.05) is 59.6 Å². The molecule has 5 heteroatoms. The molecule has 0 spiro atoms. The molecule has 1 atom stereocenters. The van der Waals surface area contributed by atoms with Gasteiger partial charge in [-0.05, 0) is 42.0 Å². The number of hydrazone groups is 1. The summed E-state index contributed by atoms with van der Waals surface area (Å²) in [6, 6.07) is 39.1. The molecular formula is C26H21BrN4. The van der Waals surface area contributed by atoms with Crippen LogP contribution in [0.3, 0.4) is 0 Å². The van der Waals surface area contributed by atoms with Crippen molar-refractivity contribution in [2.24, 2.45) is 5.10 Å². The van der Waals surface area contributed by atoms with Gasteiger partial charge < -0.3 is 0 Å². The topological polar surface area (TPSA) is 30.9 Å². The van der Waals surface area contributed by atoms with E-state index in [9.17, 15) is 0 Å². The van der Waals surface area contributed by atoms with Gasteiger partial charge in [-0.3, -0.25) is 5.01 Å². The Morgan fingerprint density at radius 1 is 0.645 bits per heavy atom. The number of para-hydroxylation sites is 1. The van der Waals surface area contributed by atoms with Crippen LogP contribution in [0, 0.1) is 0 Å². The molecule has 1 unspecified atom stereocenters. The van der Waals surface area contributed by atoms with Crippen molar-refractivity contribution in [3.8, 4) is 0 Å². The van der Waals surface area contributed by atoms with Crippen molar-refractivity contribution in [1.29, 1.82) is 0 Å². The van der Waals surface area contributed by atoms with Crippen LogP contribution < -0.4 is 15.4 Å². The van der Waals surface area contributed by atoms with Crippen molar-refractivity contribution in [3.63, 3.8) is 0 Å². The van der Waals surface area contributed by atoms with E-state index >= 15 is 0 Å². The number of benzene rings is 4. The van der Waals surface area contributed by atoms with Crippen LogP contribution in [0.2, 0.25) is 0 Å². The van der Waals surface area contributed by atoms with Gasteiger partial charge in [0.2, 0.25) is 0 Å². The first-order valence-electron chi connectivity index (χ1n) is 10.1. The summed E-state index contributed by atoms with van der Waals surface area (Å²) in [4.78, 5) is 0. The number of hydrazine groups is 1. The van der Waals surface area contributed by atoms with E-state index in [4.69, 9.17) is 5.10 Å². The zero-order chi connectivity index (χ0) is 21.0. The fourth-order valence-corrected chi connectivity index (χ4v) is 3.91. The second-order valence-corrected chi connectivity index (χ2v) is 8.14. The zero-order valence-corrected chi connectivity index (χ0v) is 18.4. The molecule has 0 saturated heterocycles. The highest BCUT2D eigenvalue weighted by molar-refractivity contribution is 9.10. The molecule has 31 heavy (non-hydrogen) atoms. The van der Waals surface area contributed by atoms with Crippen molar-refractivity contribution in [2.75, 3.05) is 10.0 Å². The van der Waals surface area contributed by atoms with Gasteiger partial charge in [-0.2, -0.15) is 10.5 Å². The third kappa shape index (κ3) is 4.10. The number of rotatable bonds is 4. The minimum absolute atomic E-state index is 0.171. The molecule has 4 nitrogen and oxygen atoms in total. The standard InChI is InChI=1S/C26H21BrN4/c27-22-16-18-24(19-17-22)31-26(21-12-6-2-7-13-21)28-30(23-14-8-3-9-15-23)25(29-31)20-10-4-1-5-11-20/h1-19,26,28H. The summed E-state index contributed by atoms with van der Waals surface area (Å²) in [5.74, 6) is 0.835. The quantitative estimate of drug-likeness (QED) is 0.378. The summed E-state index contributed by atoms with van der Waals surface area (Å²) in [6.07, 6.45) is -0.171. The summed E-state index contributed by atoms with van der Waals surface area (Å²) in [5.41, 5.74) is 7.91. The van der Waals surface area contributed by atoms with E-state index in [1.54, 1.807) is 0 Å². The summed E-state index contributed by atoms with van der Waals surface area (Å²) in [7, 11) is 0. The molecule has 0 bridgehead atoms. The normalized spacial score (nSPS) is 16.2. The van der Waals surface area contributed by atoms with Gasteiger partial charge in [-0.1, -0.05) is 94.8 Å². The Kier molecular flexibility index (Phi) is 5.52. The van der Waals surface area contributed by atoms with Crippen LogP contribution in [0.25, 0.3) is 0 Å². The van der Waals surface area contributed by atoms with Crippen molar-refractivity contribution in [1.82, 2.24) is 5.43 Å². The predicted octanol–water partition coefficient (Wildman–Crippen LogP) is 6.34. The number of amidine groups is 1. The molecule has 1 aliphatic rings. The van der Waals surface area contributed by atoms with E-state index in [0.717, 1.165) is 32.8 Å². The lowest BCUT2D eigenvalue weighted by Gasteiger charge is -2.41. The van der Waals surface area contributed by atoms with Crippen LogP contribution in [0.5, 0.6) is 0 Å². The van der Waals surface area contributed by atoms with E-state index in [0.29, 0.717) is 0 Å². The molecule has 5 rings (SSSR count). The molecule has 0 aromatic heterocycles. The molecule has 0 fully saturated rings. The number of anilines is 2. The average molecular weight is 469 g/mol. The summed E-state index contributed by atoms with van der Waals surface area (Å²) >= 11 is 3.54.